The molecule has 3 N–H and O–H groups in total. The fourth-order valence-corrected chi connectivity index (χ4v) is 3.19. The predicted octanol–water partition coefficient (Wildman–Crippen LogP) is 1.91. The SMILES string of the molecule is CSC1CCCC1NC(=O)CCCCCN. The zero-order valence-electron chi connectivity index (χ0n) is 10.2. The topological polar surface area (TPSA) is 55.1 Å². The van der Waals surface area contributed by atoms with Crippen LogP contribution in [0.2, 0.25) is 0 Å². The van der Waals surface area contributed by atoms with Crippen molar-refractivity contribution in [2.24, 2.45) is 5.73 Å². The molecule has 16 heavy (non-hydrogen) atoms. The molecule has 0 spiro atoms. The molecule has 1 rings (SSSR count). The summed E-state index contributed by atoms with van der Waals surface area (Å²) in [5.74, 6) is 0.225. The van der Waals surface area contributed by atoms with Gasteiger partial charge in [-0.15, -0.1) is 0 Å². The first kappa shape index (κ1) is 13.8. The summed E-state index contributed by atoms with van der Waals surface area (Å²) < 4.78 is 0. The van der Waals surface area contributed by atoms with Crippen LogP contribution in [0.1, 0.15) is 44.9 Å². The molecule has 0 saturated heterocycles. The molecule has 0 bridgehead atoms. The Morgan fingerprint density at radius 2 is 2.19 bits per heavy atom. The number of nitrogens with two attached hydrogens (primary N) is 1. The summed E-state index contributed by atoms with van der Waals surface area (Å²) in [6.45, 7) is 0.735. The number of unbranched alkanes of at least 4 members (excludes halogenated alkanes) is 2. The lowest BCUT2D eigenvalue weighted by molar-refractivity contribution is -0.121. The highest BCUT2D eigenvalue weighted by Gasteiger charge is 2.27. The summed E-state index contributed by atoms with van der Waals surface area (Å²) in [5.41, 5.74) is 5.41. The van der Waals surface area contributed by atoms with Crippen LogP contribution in [0.15, 0.2) is 0 Å². The van der Waals surface area contributed by atoms with E-state index in [1.165, 1.54) is 12.8 Å². The minimum absolute atomic E-state index is 0.225. The fraction of sp³-hybridized carbons (Fsp3) is 0.917. The van der Waals surface area contributed by atoms with E-state index in [0.717, 1.165) is 32.2 Å². The third kappa shape index (κ3) is 4.74. The fourth-order valence-electron chi connectivity index (χ4n) is 2.26. The highest BCUT2D eigenvalue weighted by atomic mass is 32.2. The summed E-state index contributed by atoms with van der Waals surface area (Å²) in [7, 11) is 0. The Hall–Kier alpha value is -0.220. The van der Waals surface area contributed by atoms with E-state index in [9.17, 15) is 4.79 Å². The average Bonchev–Trinajstić information content (AvgIpc) is 2.71. The molecule has 0 aromatic carbocycles. The standard InChI is InChI=1S/C12H24N2OS/c1-16-11-7-5-6-10(11)14-12(15)8-3-2-4-9-13/h10-11H,2-9,13H2,1H3,(H,14,15). The van der Waals surface area contributed by atoms with E-state index in [0.29, 0.717) is 17.7 Å². The van der Waals surface area contributed by atoms with Crippen LogP contribution in [0.25, 0.3) is 0 Å². The largest absolute Gasteiger partial charge is 0.352 e. The second kappa shape index (κ2) is 7.96. The highest BCUT2D eigenvalue weighted by Crippen LogP contribution is 2.28. The Labute approximate surface area is 103 Å². The Balaban J connectivity index is 2.13. The smallest absolute Gasteiger partial charge is 0.220 e. The molecule has 1 aliphatic carbocycles. The van der Waals surface area contributed by atoms with Crippen LogP contribution in [-0.2, 0) is 4.79 Å². The molecule has 1 fully saturated rings. The third-order valence-electron chi connectivity index (χ3n) is 3.21. The lowest BCUT2D eigenvalue weighted by atomic mass is 10.1. The first-order chi connectivity index (χ1) is 7.77. The molecule has 4 heteroatoms. The van der Waals surface area contributed by atoms with Gasteiger partial charge in [0.05, 0.1) is 0 Å². The van der Waals surface area contributed by atoms with Crippen LogP contribution in [0, 0.1) is 0 Å². The van der Waals surface area contributed by atoms with Crippen molar-refractivity contribution >= 4 is 17.7 Å². The van der Waals surface area contributed by atoms with E-state index in [2.05, 4.69) is 11.6 Å². The van der Waals surface area contributed by atoms with Gasteiger partial charge in [0.1, 0.15) is 0 Å². The van der Waals surface area contributed by atoms with Crippen LogP contribution >= 0.6 is 11.8 Å². The number of amides is 1. The van der Waals surface area contributed by atoms with Gasteiger partial charge >= 0.3 is 0 Å². The zero-order valence-corrected chi connectivity index (χ0v) is 11.0. The minimum atomic E-state index is 0.225. The molecule has 2 atom stereocenters. The molecule has 94 valence electrons. The second-order valence-corrected chi connectivity index (χ2v) is 5.56. The van der Waals surface area contributed by atoms with Crippen molar-refractivity contribution in [2.75, 3.05) is 12.8 Å². The number of nitrogens with one attached hydrogen (secondary N) is 1. The Bertz CT molecular complexity index is 211. The summed E-state index contributed by atoms with van der Waals surface area (Å²) >= 11 is 1.88. The van der Waals surface area contributed by atoms with Crippen LogP contribution in [-0.4, -0.2) is 30.0 Å². The van der Waals surface area contributed by atoms with Crippen LogP contribution in [0.3, 0.4) is 0 Å². The molecule has 0 aromatic rings. The summed E-state index contributed by atoms with van der Waals surface area (Å²) in [6, 6.07) is 0.414. The summed E-state index contributed by atoms with van der Waals surface area (Å²) in [6.07, 6.45) is 9.53. The lowest BCUT2D eigenvalue weighted by Crippen LogP contribution is -2.38. The van der Waals surface area contributed by atoms with Crippen molar-refractivity contribution in [1.82, 2.24) is 5.32 Å². The Morgan fingerprint density at radius 1 is 1.38 bits per heavy atom. The normalized spacial score (nSPS) is 24.6. The van der Waals surface area contributed by atoms with Crippen LogP contribution in [0.4, 0.5) is 0 Å². The number of hydrogen-bond donors (Lipinski definition) is 2. The summed E-state index contributed by atoms with van der Waals surface area (Å²) in [4.78, 5) is 11.7. The van der Waals surface area contributed by atoms with Gasteiger partial charge in [0, 0.05) is 17.7 Å². The van der Waals surface area contributed by atoms with E-state index < -0.39 is 0 Å². The molecule has 0 radical (unpaired) electrons. The third-order valence-corrected chi connectivity index (χ3v) is 4.38. The maximum Gasteiger partial charge on any atom is 0.220 e. The lowest BCUT2D eigenvalue weighted by Gasteiger charge is -2.19. The zero-order chi connectivity index (χ0) is 11.8. The van der Waals surface area contributed by atoms with E-state index in [1.807, 2.05) is 11.8 Å². The molecule has 0 heterocycles. The predicted molar refractivity (Wildman–Crippen MR) is 70.6 cm³/mol. The highest BCUT2D eigenvalue weighted by molar-refractivity contribution is 7.99. The molecule has 0 aliphatic heterocycles. The van der Waals surface area contributed by atoms with Gasteiger partial charge in [-0.1, -0.05) is 12.8 Å². The quantitative estimate of drug-likeness (QED) is 0.673. The van der Waals surface area contributed by atoms with Gasteiger partial charge in [0.25, 0.3) is 0 Å². The van der Waals surface area contributed by atoms with Crippen LogP contribution in [0.5, 0.6) is 0 Å². The van der Waals surface area contributed by atoms with Crippen molar-refractivity contribution in [3.63, 3.8) is 0 Å². The molecule has 1 saturated carbocycles. The first-order valence-corrected chi connectivity index (χ1v) is 7.59. The molecular formula is C12H24N2OS. The van der Waals surface area contributed by atoms with E-state index in [1.54, 1.807) is 0 Å². The van der Waals surface area contributed by atoms with Gasteiger partial charge in [-0.2, -0.15) is 11.8 Å². The van der Waals surface area contributed by atoms with Gasteiger partial charge in [-0.25, -0.2) is 0 Å². The van der Waals surface area contributed by atoms with Gasteiger partial charge in [0.15, 0.2) is 0 Å². The maximum absolute atomic E-state index is 11.7. The van der Waals surface area contributed by atoms with Crippen LogP contribution < -0.4 is 11.1 Å². The van der Waals surface area contributed by atoms with Crippen molar-refractivity contribution in [1.29, 1.82) is 0 Å². The number of carbonyl (C=O) groups is 1. The average molecular weight is 244 g/mol. The number of hydrogen-bond acceptors (Lipinski definition) is 3. The van der Waals surface area contributed by atoms with Crippen molar-refractivity contribution in [3.05, 3.63) is 0 Å². The second-order valence-electron chi connectivity index (χ2n) is 4.48. The van der Waals surface area contributed by atoms with E-state index in [4.69, 9.17) is 5.73 Å². The summed E-state index contributed by atoms with van der Waals surface area (Å²) in [5, 5.41) is 3.80. The monoisotopic (exact) mass is 244 g/mol. The van der Waals surface area contributed by atoms with Crippen molar-refractivity contribution in [3.8, 4) is 0 Å². The van der Waals surface area contributed by atoms with Gasteiger partial charge in [-0.3, -0.25) is 4.79 Å². The number of thioether (sulfide) groups is 1. The van der Waals surface area contributed by atoms with Crippen molar-refractivity contribution in [2.45, 2.75) is 56.2 Å². The number of rotatable bonds is 7. The van der Waals surface area contributed by atoms with Gasteiger partial charge < -0.3 is 11.1 Å². The van der Waals surface area contributed by atoms with E-state index >= 15 is 0 Å². The molecule has 1 aliphatic rings. The van der Waals surface area contributed by atoms with Crippen molar-refractivity contribution < 1.29 is 4.79 Å². The van der Waals surface area contributed by atoms with Gasteiger partial charge in [0.2, 0.25) is 5.91 Å². The molecule has 2 unspecified atom stereocenters. The molecule has 0 aromatic heterocycles. The molecular weight excluding hydrogens is 220 g/mol. The molecule has 3 nitrogen and oxygen atoms in total. The first-order valence-electron chi connectivity index (χ1n) is 6.30. The van der Waals surface area contributed by atoms with E-state index in [-0.39, 0.29) is 5.91 Å². The maximum atomic E-state index is 11.7. The van der Waals surface area contributed by atoms with Gasteiger partial charge in [-0.05, 0) is 38.5 Å². The number of carbonyl (C=O) groups excluding carboxylic acids is 1. The molecule has 1 amide bonds. The Kier molecular flexibility index (Phi) is 6.88. The minimum Gasteiger partial charge on any atom is -0.352 e. The Morgan fingerprint density at radius 3 is 2.88 bits per heavy atom.